The van der Waals surface area contributed by atoms with Gasteiger partial charge in [0.1, 0.15) is 5.75 Å². The summed E-state index contributed by atoms with van der Waals surface area (Å²) in [5, 5.41) is 0. The molecule has 2 aliphatic rings. The number of rotatable bonds is 6. The van der Waals surface area contributed by atoms with E-state index in [0.29, 0.717) is 38.3 Å². The molecule has 6 nitrogen and oxygen atoms in total. The molecular weight excluding hydrogens is 420 g/mol. The van der Waals surface area contributed by atoms with Gasteiger partial charge in [0.25, 0.3) is 0 Å². The summed E-state index contributed by atoms with van der Waals surface area (Å²) in [5.41, 5.74) is 0. The number of hydrogen-bond acceptors (Lipinski definition) is 5. The van der Waals surface area contributed by atoms with Crippen molar-refractivity contribution < 1.29 is 17.9 Å². The molecule has 1 aromatic rings. The highest BCUT2D eigenvalue weighted by molar-refractivity contribution is 9.10. The zero-order chi connectivity index (χ0) is 18.6. The van der Waals surface area contributed by atoms with E-state index in [9.17, 15) is 13.2 Å². The highest BCUT2D eigenvalue weighted by Crippen LogP contribution is 2.24. The third-order valence-corrected chi connectivity index (χ3v) is 7.43. The number of hydrogen-bond donors (Lipinski definition) is 0. The van der Waals surface area contributed by atoms with Gasteiger partial charge in [-0.1, -0.05) is 12.1 Å². The van der Waals surface area contributed by atoms with Crippen molar-refractivity contribution in [1.82, 2.24) is 9.80 Å². The minimum absolute atomic E-state index is 0.134. The van der Waals surface area contributed by atoms with Crippen LogP contribution in [0.4, 0.5) is 0 Å². The van der Waals surface area contributed by atoms with E-state index in [4.69, 9.17) is 4.74 Å². The number of halogens is 1. The fourth-order valence-corrected chi connectivity index (χ4v) is 5.69. The summed E-state index contributed by atoms with van der Waals surface area (Å²) >= 11 is 3.44. The Morgan fingerprint density at radius 1 is 1.19 bits per heavy atom. The van der Waals surface area contributed by atoms with Crippen molar-refractivity contribution in [3.63, 3.8) is 0 Å². The van der Waals surface area contributed by atoms with Gasteiger partial charge in [0.05, 0.1) is 22.6 Å². The highest BCUT2D eigenvalue weighted by atomic mass is 79.9. The molecule has 144 valence electrons. The van der Waals surface area contributed by atoms with E-state index in [0.717, 1.165) is 29.7 Å². The molecule has 2 saturated heterocycles. The molecule has 2 aliphatic heterocycles. The van der Waals surface area contributed by atoms with Crippen molar-refractivity contribution in [2.75, 3.05) is 44.3 Å². The van der Waals surface area contributed by atoms with Gasteiger partial charge < -0.3 is 9.64 Å². The van der Waals surface area contributed by atoms with Crippen molar-refractivity contribution >= 4 is 31.7 Å². The van der Waals surface area contributed by atoms with Crippen molar-refractivity contribution in [3.8, 4) is 5.75 Å². The van der Waals surface area contributed by atoms with Gasteiger partial charge in [0.2, 0.25) is 5.91 Å². The maximum Gasteiger partial charge on any atom is 0.222 e. The maximum atomic E-state index is 12.4. The maximum absolute atomic E-state index is 12.4. The molecule has 0 radical (unpaired) electrons. The molecule has 0 aromatic heterocycles. The monoisotopic (exact) mass is 444 g/mol. The number of sulfone groups is 1. The van der Waals surface area contributed by atoms with Crippen molar-refractivity contribution in [1.29, 1.82) is 0 Å². The molecule has 0 saturated carbocycles. The number of para-hydroxylation sites is 1. The van der Waals surface area contributed by atoms with Gasteiger partial charge in [-0.15, -0.1) is 0 Å². The second-order valence-electron chi connectivity index (χ2n) is 6.86. The van der Waals surface area contributed by atoms with Gasteiger partial charge in [0.15, 0.2) is 9.84 Å². The summed E-state index contributed by atoms with van der Waals surface area (Å²) in [4.78, 5) is 16.5. The molecule has 1 amide bonds. The zero-order valence-electron chi connectivity index (χ0n) is 14.8. The van der Waals surface area contributed by atoms with Gasteiger partial charge >= 0.3 is 0 Å². The Balaban J connectivity index is 1.35. The fourth-order valence-electron chi connectivity index (χ4n) is 3.53. The summed E-state index contributed by atoms with van der Waals surface area (Å²) < 4.78 is 29.9. The minimum Gasteiger partial charge on any atom is -0.492 e. The van der Waals surface area contributed by atoms with Crippen LogP contribution >= 0.6 is 15.9 Å². The molecule has 0 spiro atoms. The van der Waals surface area contributed by atoms with E-state index < -0.39 is 9.84 Å². The Kier molecular flexibility index (Phi) is 6.58. The van der Waals surface area contributed by atoms with Gasteiger partial charge in [-0.25, -0.2) is 8.42 Å². The smallest absolute Gasteiger partial charge is 0.222 e. The Bertz CT molecular complexity index is 732. The molecule has 1 aromatic carbocycles. The number of benzene rings is 1. The lowest BCUT2D eigenvalue weighted by molar-refractivity contribution is -0.133. The van der Waals surface area contributed by atoms with Crippen LogP contribution in [0.1, 0.15) is 19.3 Å². The lowest BCUT2D eigenvalue weighted by atomic mass is 10.2. The van der Waals surface area contributed by atoms with Gasteiger partial charge in [-0.05, 0) is 40.9 Å². The largest absolute Gasteiger partial charge is 0.492 e. The Labute approximate surface area is 163 Å². The topological polar surface area (TPSA) is 66.9 Å². The SMILES string of the molecule is O=C(CCCOc1ccccc1Br)N1CCN(C2CCS(=O)(=O)C2)CC1. The van der Waals surface area contributed by atoms with E-state index >= 15 is 0 Å². The lowest BCUT2D eigenvalue weighted by Crippen LogP contribution is -2.52. The van der Waals surface area contributed by atoms with E-state index in [2.05, 4.69) is 20.8 Å². The standard InChI is InChI=1S/C18H25BrN2O4S/c19-16-4-1-2-5-17(16)25-12-3-6-18(22)21-10-8-20(9-11-21)15-7-13-26(23,24)14-15/h1-2,4-5,15H,3,6-14H2. The molecule has 1 unspecified atom stereocenters. The van der Waals surface area contributed by atoms with Gasteiger partial charge in [-0.2, -0.15) is 0 Å². The second-order valence-corrected chi connectivity index (χ2v) is 9.94. The highest BCUT2D eigenvalue weighted by Gasteiger charge is 2.34. The van der Waals surface area contributed by atoms with Crippen LogP contribution in [0.3, 0.4) is 0 Å². The molecule has 26 heavy (non-hydrogen) atoms. The average molecular weight is 445 g/mol. The first kappa shape index (κ1) is 19.6. The van der Waals surface area contributed by atoms with Crippen LogP contribution in [0.2, 0.25) is 0 Å². The van der Waals surface area contributed by atoms with Crippen molar-refractivity contribution in [2.24, 2.45) is 0 Å². The fraction of sp³-hybridized carbons (Fsp3) is 0.611. The first-order chi connectivity index (χ1) is 12.4. The average Bonchev–Trinajstić information content (AvgIpc) is 3.00. The summed E-state index contributed by atoms with van der Waals surface area (Å²) in [5.74, 6) is 1.52. The van der Waals surface area contributed by atoms with Gasteiger partial charge in [0, 0.05) is 38.6 Å². The van der Waals surface area contributed by atoms with E-state index in [1.54, 1.807) is 0 Å². The van der Waals surface area contributed by atoms with Gasteiger partial charge in [-0.3, -0.25) is 9.69 Å². The van der Waals surface area contributed by atoms with Crippen LogP contribution in [-0.2, 0) is 14.6 Å². The third-order valence-electron chi connectivity index (χ3n) is 5.02. The third kappa shape index (κ3) is 5.20. The van der Waals surface area contributed by atoms with Crippen LogP contribution in [0.25, 0.3) is 0 Å². The quantitative estimate of drug-likeness (QED) is 0.627. The summed E-state index contributed by atoms with van der Waals surface area (Å²) in [7, 11) is -2.86. The molecule has 2 fully saturated rings. The first-order valence-corrected chi connectivity index (χ1v) is 11.7. The predicted molar refractivity (Wildman–Crippen MR) is 104 cm³/mol. The van der Waals surface area contributed by atoms with Crippen LogP contribution < -0.4 is 4.74 Å². The van der Waals surface area contributed by atoms with E-state index in [1.807, 2.05) is 29.2 Å². The predicted octanol–water partition coefficient (Wildman–Crippen LogP) is 1.94. The number of amides is 1. The Hall–Kier alpha value is -1.12. The van der Waals surface area contributed by atoms with Crippen LogP contribution in [0, 0.1) is 0 Å². The number of carbonyl (C=O) groups is 1. The van der Waals surface area contributed by atoms with Crippen molar-refractivity contribution in [3.05, 3.63) is 28.7 Å². The summed E-state index contributed by atoms with van der Waals surface area (Å²) in [6.07, 6.45) is 1.88. The molecule has 0 aliphatic carbocycles. The molecule has 8 heteroatoms. The molecule has 3 rings (SSSR count). The van der Waals surface area contributed by atoms with Crippen LogP contribution in [0.15, 0.2) is 28.7 Å². The lowest BCUT2D eigenvalue weighted by Gasteiger charge is -2.37. The molecule has 1 atom stereocenters. The molecular formula is C18H25BrN2O4S. The number of carbonyl (C=O) groups excluding carboxylic acids is 1. The number of ether oxygens (including phenoxy) is 1. The number of nitrogens with zero attached hydrogens (tertiary/aromatic N) is 2. The summed E-state index contributed by atoms with van der Waals surface area (Å²) in [6.45, 7) is 3.40. The Morgan fingerprint density at radius 3 is 2.58 bits per heavy atom. The molecule has 2 heterocycles. The molecule has 0 bridgehead atoms. The van der Waals surface area contributed by atoms with Crippen LogP contribution in [-0.4, -0.2) is 74.5 Å². The second kappa shape index (κ2) is 8.71. The first-order valence-electron chi connectivity index (χ1n) is 9.04. The number of piperazine rings is 1. The van der Waals surface area contributed by atoms with E-state index in [-0.39, 0.29) is 17.7 Å². The summed E-state index contributed by atoms with van der Waals surface area (Å²) in [6, 6.07) is 7.81. The van der Waals surface area contributed by atoms with E-state index in [1.165, 1.54) is 0 Å². The Morgan fingerprint density at radius 2 is 1.92 bits per heavy atom. The normalized spacial score (nSPS) is 23.1. The molecule has 0 N–H and O–H groups in total. The van der Waals surface area contributed by atoms with Crippen LogP contribution in [0.5, 0.6) is 5.75 Å². The van der Waals surface area contributed by atoms with Crippen molar-refractivity contribution in [2.45, 2.75) is 25.3 Å². The minimum atomic E-state index is -2.86. The zero-order valence-corrected chi connectivity index (χ0v) is 17.2.